The molecule has 0 saturated heterocycles. The van der Waals surface area contributed by atoms with Crippen molar-refractivity contribution in [1.82, 2.24) is 15.2 Å². The molecule has 4 rings (SSSR count). The Balaban J connectivity index is 1.69. The maximum atomic E-state index is 13.1. The molecule has 0 spiro atoms. The van der Waals surface area contributed by atoms with Crippen LogP contribution in [0.25, 0.3) is 22.5 Å². The van der Waals surface area contributed by atoms with Crippen molar-refractivity contribution < 1.29 is 8.81 Å². The molecule has 2 aromatic heterocycles. The first kappa shape index (κ1) is 18.1. The molecule has 142 valence electrons. The van der Waals surface area contributed by atoms with Crippen LogP contribution in [0.2, 0.25) is 0 Å². The molecule has 0 fully saturated rings. The first-order chi connectivity index (χ1) is 13.3. The third-order valence-electron chi connectivity index (χ3n) is 4.60. The first-order valence-electron chi connectivity index (χ1n) is 9.04. The summed E-state index contributed by atoms with van der Waals surface area (Å²) in [4.78, 5) is 17.1. The number of fused-ring (bicyclic) bond motifs is 1. The predicted octanol–water partition coefficient (Wildman–Crippen LogP) is 4.61. The van der Waals surface area contributed by atoms with E-state index in [4.69, 9.17) is 4.42 Å². The van der Waals surface area contributed by atoms with Crippen LogP contribution in [-0.4, -0.2) is 15.2 Å². The fourth-order valence-electron chi connectivity index (χ4n) is 3.00. The Kier molecular flexibility index (Phi) is 4.34. The summed E-state index contributed by atoms with van der Waals surface area (Å²) in [7, 11) is 0. The molecule has 0 amide bonds. The van der Waals surface area contributed by atoms with Gasteiger partial charge in [0.2, 0.25) is 5.43 Å². The number of aromatic nitrogens is 3. The van der Waals surface area contributed by atoms with Crippen molar-refractivity contribution in [3.8, 4) is 11.6 Å². The van der Waals surface area contributed by atoms with Gasteiger partial charge in [-0.25, -0.2) is 9.37 Å². The monoisotopic (exact) mass is 377 g/mol. The van der Waals surface area contributed by atoms with Crippen LogP contribution in [0.5, 0.6) is 0 Å². The quantitative estimate of drug-likeness (QED) is 0.566. The van der Waals surface area contributed by atoms with Gasteiger partial charge in [0, 0.05) is 10.8 Å². The lowest BCUT2D eigenvalue weighted by Gasteiger charge is -2.12. The topological polar surface area (TPSA) is 71.8 Å². The van der Waals surface area contributed by atoms with Gasteiger partial charge in [0.15, 0.2) is 5.69 Å². The largest absolute Gasteiger partial charge is 0.439 e. The van der Waals surface area contributed by atoms with Gasteiger partial charge in [-0.05, 0) is 41.8 Å². The number of oxazole rings is 1. The molecule has 1 N–H and O–H groups in total. The molecule has 2 aromatic carbocycles. The Morgan fingerprint density at radius 2 is 1.79 bits per heavy atom. The summed E-state index contributed by atoms with van der Waals surface area (Å²) in [5, 5.41) is 7.64. The number of nitrogens with one attached hydrogen (secondary N) is 1. The number of halogens is 1. The molecule has 0 bridgehead atoms. The van der Waals surface area contributed by atoms with Crippen LogP contribution in [0, 0.1) is 5.82 Å². The number of hydrogen-bond donors (Lipinski definition) is 1. The number of hydrogen-bond acceptors (Lipinski definition) is 4. The SMILES string of the molecule is CC(C)(C)c1cnc(-c2n[nH]c3cc(Cc4ccc(F)cc4)ccc3c2=O)o1. The normalized spacial score (nSPS) is 11.9. The van der Waals surface area contributed by atoms with Crippen molar-refractivity contribution in [3.05, 3.63) is 81.6 Å². The zero-order chi connectivity index (χ0) is 19.9. The van der Waals surface area contributed by atoms with Crippen molar-refractivity contribution in [1.29, 1.82) is 0 Å². The van der Waals surface area contributed by atoms with E-state index in [1.807, 2.05) is 32.9 Å². The average molecular weight is 377 g/mol. The molecule has 0 unspecified atom stereocenters. The summed E-state index contributed by atoms with van der Waals surface area (Å²) in [5.41, 5.74) is 2.34. The molecule has 5 nitrogen and oxygen atoms in total. The summed E-state index contributed by atoms with van der Waals surface area (Å²) >= 11 is 0. The highest BCUT2D eigenvalue weighted by atomic mass is 19.1. The van der Waals surface area contributed by atoms with Crippen molar-refractivity contribution in [2.75, 3.05) is 0 Å². The number of aromatic amines is 1. The van der Waals surface area contributed by atoms with Crippen LogP contribution >= 0.6 is 0 Å². The van der Waals surface area contributed by atoms with Crippen LogP contribution < -0.4 is 5.43 Å². The number of benzene rings is 2. The van der Waals surface area contributed by atoms with Gasteiger partial charge in [0.1, 0.15) is 11.6 Å². The van der Waals surface area contributed by atoms with E-state index in [9.17, 15) is 9.18 Å². The highest BCUT2D eigenvalue weighted by Gasteiger charge is 2.22. The van der Waals surface area contributed by atoms with Gasteiger partial charge < -0.3 is 4.42 Å². The molecule has 2 heterocycles. The Morgan fingerprint density at radius 3 is 2.46 bits per heavy atom. The van der Waals surface area contributed by atoms with Crippen LogP contribution in [0.3, 0.4) is 0 Å². The maximum Gasteiger partial charge on any atom is 0.251 e. The molecule has 4 aromatic rings. The highest BCUT2D eigenvalue weighted by Crippen LogP contribution is 2.26. The van der Waals surface area contributed by atoms with E-state index in [-0.39, 0.29) is 28.2 Å². The third-order valence-corrected chi connectivity index (χ3v) is 4.60. The highest BCUT2D eigenvalue weighted by molar-refractivity contribution is 5.81. The van der Waals surface area contributed by atoms with Gasteiger partial charge in [-0.1, -0.05) is 39.0 Å². The Bertz CT molecular complexity index is 1200. The van der Waals surface area contributed by atoms with Crippen LogP contribution in [0.1, 0.15) is 37.7 Å². The second-order valence-corrected chi connectivity index (χ2v) is 7.86. The minimum absolute atomic E-state index is 0.161. The molecule has 28 heavy (non-hydrogen) atoms. The van der Waals surface area contributed by atoms with Crippen LogP contribution in [0.15, 0.2) is 57.9 Å². The summed E-state index contributed by atoms with van der Waals surface area (Å²) < 4.78 is 18.8. The second kappa shape index (κ2) is 6.71. The molecular weight excluding hydrogens is 357 g/mol. The van der Waals surface area contributed by atoms with E-state index in [2.05, 4.69) is 15.2 Å². The summed E-state index contributed by atoms with van der Waals surface area (Å²) in [6, 6.07) is 11.9. The fraction of sp³-hybridized carbons (Fsp3) is 0.227. The Morgan fingerprint density at radius 1 is 1.07 bits per heavy atom. The fourth-order valence-corrected chi connectivity index (χ4v) is 3.00. The second-order valence-electron chi connectivity index (χ2n) is 7.86. The summed E-state index contributed by atoms with van der Waals surface area (Å²) in [6.45, 7) is 6.04. The van der Waals surface area contributed by atoms with Gasteiger partial charge in [-0.2, -0.15) is 5.10 Å². The first-order valence-corrected chi connectivity index (χ1v) is 9.04. The van der Waals surface area contributed by atoms with Crippen LogP contribution in [0.4, 0.5) is 4.39 Å². The predicted molar refractivity (Wildman–Crippen MR) is 106 cm³/mol. The number of rotatable bonds is 3. The summed E-state index contributed by atoms with van der Waals surface area (Å²) in [6.07, 6.45) is 2.27. The van der Waals surface area contributed by atoms with Gasteiger partial charge in [0.25, 0.3) is 5.89 Å². The van der Waals surface area contributed by atoms with Gasteiger partial charge in [-0.15, -0.1) is 0 Å². The van der Waals surface area contributed by atoms with Crippen molar-refractivity contribution in [2.24, 2.45) is 0 Å². The lowest BCUT2D eigenvalue weighted by molar-refractivity contribution is 0.414. The van der Waals surface area contributed by atoms with E-state index in [0.29, 0.717) is 23.1 Å². The molecule has 6 heteroatoms. The van der Waals surface area contributed by atoms with Crippen LogP contribution in [-0.2, 0) is 11.8 Å². The molecule has 0 atom stereocenters. The maximum absolute atomic E-state index is 13.1. The zero-order valence-electron chi connectivity index (χ0n) is 15.9. The molecule has 0 aliphatic rings. The summed E-state index contributed by atoms with van der Waals surface area (Å²) in [5.74, 6) is 0.645. The smallest absolute Gasteiger partial charge is 0.251 e. The standard InChI is InChI=1S/C22H20FN3O2/c1-22(2,3)18-12-24-21(28-18)19-20(27)16-9-6-14(11-17(16)25-26-19)10-13-4-7-15(23)8-5-13/h4-9,11-12H,10H2,1-3H3,(H,25,27). The van der Waals surface area contributed by atoms with Crippen molar-refractivity contribution in [3.63, 3.8) is 0 Å². The van der Waals surface area contributed by atoms with E-state index in [1.165, 1.54) is 12.1 Å². The van der Waals surface area contributed by atoms with E-state index >= 15 is 0 Å². The average Bonchev–Trinajstić information content (AvgIpc) is 3.14. The number of H-pyrrole nitrogens is 1. The Labute approximate surface area is 161 Å². The molecule has 0 aliphatic heterocycles. The molecule has 0 aliphatic carbocycles. The van der Waals surface area contributed by atoms with Crippen molar-refractivity contribution in [2.45, 2.75) is 32.6 Å². The molecular formula is C22H20FN3O2. The van der Waals surface area contributed by atoms with Gasteiger partial charge >= 0.3 is 0 Å². The van der Waals surface area contributed by atoms with Crippen molar-refractivity contribution >= 4 is 10.9 Å². The van der Waals surface area contributed by atoms with E-state index < -0.39 is 0 Å². The molecule has 0 saturated carbocycles. The lowest BCUT2D eigenvalue weighted by atomic mass is 9.94. The van der Waals surface area contributed by atoms with Gasteiger partial charge in [0.05, 0.1) is 11.7 Å². The third kappa shape index (κ3) is 3.45. The van der Waals surface area contributed by atoms with Gasteiger partial charge in [-0.3, -0.25) is 9.89 Å². The van der Waals surface area contributed by atoms with E-state index in [1.54, 1.807) is 24.4 Å². The minimum Gasteiger partial charge on any atom is -0.439 e. The van der Waals surface area contributed by atoms with E-state index in [0.717, 1.165) is 11.1 Å². The lowest BCUT2D eigenvalue weighted by Crippen LogP contribution is -2.11. The number of nitrogens with zero attached hydrogens (tertiary/aromatic N) is 2. The Hall–Kier alpha value is -3.28. The molecule has 0 radical (unpaired) electrons. The minimum atomic E-state index is -0.260. The zero-order valence-corrected chi connectivity index (χ0v) is 15.9.